The number of rotatable bonds is 6. The molecule has 2 aromatic heterocycles. The van der Waals surface area contributed by atoms with Crippen molar-refractivity contribution in [3.8, 4) is 6.07 Å². The largest absolute Gasteiger partial charge is 0.399 e. The zero-order valence-corrected chi connectivity index (χ0v) is 16.1. The molecule has 4 rings (SSSR count). The van der Waals surface area contributed by atoms with E-state index in [0.29, 0.717) is 29.3 Å². The van der Waals surface area contributed by atoms with Crippen LogP contribution in [-0.4, -0.2) is 33.1 Å². The van der Waals surface area contributed by atoms with E-state index < -0.39 is 0 Å². The van der Waals surface area contributed by atoms with Gasteiger partial charge in [-0.25, -0.2) is 9.97 Å². The average molecular weight is 398 g/mol. The van der Waals surface area contributed by atoms with Gasteiger partial charge in [0.15, 0.2) is 0 Å². The van der Waals surface area contributed by atoms with Gasteiger partial charge in [0.25, 0.3) is 0 Å². The second kappa shape index (κ2) is 8.28. The Kier molecular flexibility index (Phi) is 5.21. The molecule has 0 spiro atoms. The quantitative estimate of drug-likeness (QED) is 0.377. The molecule has 4 aromatic rings. The van der Waals surface area contributed by atoms with E-state index in [2.05, 4.69) is 31.6 Å². The molecule has 2 aromatic carbocycles. The number of benzene rings is 2. The lowest BCUT2D eigenvalue weighted by Crippen LogP contribution is -2.05. The smallest absolute Gasteiger partial charge is 0.144 e. The van der Waals surface area contributed by atoms with Gasteiger partial charge < -0.3 is 15.9 Å². The molecule has 0 atom stereocenters. The van der Waals surface area contributed by atoms with Gasteiger partial charge >= 0.3 is 0 Å². The number of nitrogens with two attached hydrogens (primary N) is 1. The molecule has 3 N–H and O–H groups in total. The fourth-order valence-corrected chi connectivity index (χ4v) is 3.08. The predicted octanol–water partition coefficient (Wildman–Crippen LogP) is 3.05. The van der Waals surface area contributed by atoms with Gasteiger partial charge in [0.05, 0.1) is 41.7 Å². The molecule has 0 aliphatic heterocycles. The minimum Gasteiger partial charge on any atom is -0.399 e. The Morgan fingerprint density at radius 1 is 1.27 bits per heavy atom. The molecule has 0 amide bonds. The van der Waals surface area contributed by atoms with Gasteiger partial charge in [-0.15, -0.1) is 0 Å². The fourth-order valence-electron chi connectivity index (χ4n) is 3.08. The zero-order valence-electron chi connectivity index (χ0n) is 16.1. The molecule has 148 valence electrons. The maximum Gasteiger partial charge on any atom is 0.144 e. The molecule has 0 aliphatic carbocycles. The first kappa shape index (κ1) is 18.9. The second-order valence-corrected chi connectivity index (χ2v) is 6.45. The third kappa shape index (κ3) is 3.88. The minimum absolute atomic E-state index is 0.293. The molecule has 30 heavy (non-hydrogen) atoms. The van der Waals surface area contributed by atoms with Gasteiger partial charge in [0, 0.05) is 11.1 Å². The summed E-state index contributed by atoms with van der Waals surface area (Å²) in [6.45, 7) is 0.575. The Labute approximate surface area is 172 Å². The van der Waals surface area contributed by atoms with Crippen LogP contribution in [0.5, 0.6) is 0 Å². The molecule has 9 heteroatoms. The number of fused-ring (bicyclic) bond motifs is 1. The molecule has 0 saturated heterocycles. The Balaban J connectivity index is 1.61. The van der Waals surface area contributed by atoms with Crippen molar-refractivity contribution in [3.05, 3.63) is 71.7 Å². The highest BCUT2D eigenvalue weighted by Gasteiger charge is 2.10. The van der Waals surface area contributed by atoms with Crippen molar-refractivity contribution in [2.45, 2.75) is 6.54 Å². The topological polar surface area (TPSA) is 127 Å². The van der Waals surface area contributed by atoms with E-state index in [9.17, 15) is 0 Å². The highest BCUT2D eigenvalue weighted by molar-refractivity contribution is 5.93. The van der Waals surface area contributed by atoms with Crippen molar-refractivity contribution in [3.63, 3.8) is 0 Å². The number of nitriles is 1. The number of hydrogen-bond donors (Lipinski definition) is 2. The van der Waals surface area contributed by atoms with Crippen LogP contribution in [0.4, 0.5) is 17.3 Å². The monoisotopic (exact) mass is 398 g/mol. The van der Waals surface area contributed by atoms with Crippen LogP contribution >= 0.6 is 0 Å². The van der Waals surface area contributed by atoms with Gasteiger partial charge in [-0.05, 0) is 35.9 Å². The number of aromatic nitrogens is 4. The summed E-state index contributed by atoms with van der Waals surface area (Å²) in [6.07, 6.45) is 4.65. The van der Waals surface area contributed by atoms with Crippen molar-refractivity contribution in [1.29, 1.82) is 5.26 Å². The van der Waals surface area contributed by atoms with E-state index in [0.717, 1.165) is 22.2 Å². The number of nitrogens with one attached hydrogen (secondary N) is 1. The van der Waals surface area contributed by atoms with Crippen LogP contribution in [0.1, 0.15) is 16.7 Å². The van der Waals surface area contributed by atoms with E-state index in [4.69, 9.17) is 15.8 Å². The van der Waals surface area contributed by atoms with E-state index in [-0.39, 0.29) is 0 Å². The molecule has 0 saturated carbocycles. The van der Waals surface area contributed by atoms with Gasteiger partial charge in [-0.2, -0.15) is 10.4 Å². The highest BCUT2D eigenvalue weighted by atomic mass is 16.6. The number of oxime groups is 1. The van der Waals surface area contributed by atoms with Gasteiger partial charge in [-0.1, -0.05) is 17.3 Å². The normalized spacial score (nSPS) is 10.9. The summed E-state index contributed by atoms with van der Waals surface area (Å²) in [5, 5.41) is 21.5. The summed E-state index contributed by atoms with van der Waals surface area (Å²) in [5.41, 5.74) is 9.91. The highest BCUT2D eigenvalue weighted by Crippen LogP contribution is 2.24. The summed E-state index contributed by atoms with van der Waals surface area (Å²) in [7, 11) is 1.45. The zero-order chi connectivity index (χ0) is 20.9. The van der Waals surface area contributed by atoms with Gasteiger partial charge in [0.1, 0.15) is 25.1 Å². The molecular formula is C21H18N8O. The first-order valence-corrected chi connectivity index (χ1v) is 9.06. The van der Waals surface area contributed by atoms with Gasteiger partial charge in [0.2, 0.25) is 0 Å². The van der Waals surface area contributed by atoms with Crippen LogP contribution in [0.25, 0.3) is 10.9 Å². The first-order valence-electron chi connectivity index (χ1n) is 9.06. The van der Waals surface area contributed by atoms with Crippen LogP contribution in [0, 0.1) is 11.3 Å². The van der Waals surface area contributed by atoms with Crippen molar-refractivity contribution >= 4 is 34.4 Å². The lowest BCUT2D eigenvalue weighted by atomic mass is 10.1. The van der Waals surface area contributed by atoms with Gasteiger partial charge in [-0.3, -0.25) is 4.68 Å². The summed E-state index contributed by atoms with van der Waals surface area (Å²) >= 11 is 0. The number of anilines is 3. The number of hydrogen-bond acceptors (Lipinski definition) is 8. The third-order valence-electron chi connectivity index (χ3n) is 4.49. The van der Waals surface area contributed by atoms with E-state index >= 15 is 0 Å². The van der Waals surface area contributed by atoms with E-state index in [1.165, 1.54) is 19.7 Å². The lowest BCUT2D eigenvalue weighted by Gasteiger charge is -2.10. The van der Waals surface area contributed by atoms with Crippen LogP contribution < -0.4 is 11.1 Å². The maximum atomic E-state index is 9.08. The summed E-state index contributed by atoms with van der Waals surface area (Å²) in [4.78, 5) is 13.0. The predicted molar refractivity (Wildman–Crippen MR) is 114 cm³/mol. The molecular weight excluding hydrogens is 380 g/mol. The van der Waals surface area contributed by atoms with Crippen molar-refractivity contribution in [2.24, 2.45) is 5.16 Å². The standard InChI is InChI=1S/C21H18N8O/c1-30-27-11-18-20(23)24-13-25-21(18)28-17-5-6-19-16(8-17)10-26-29(19)12-15-4-2-3-14(7-15)9-22/h2-8,10-11,13H,12H2,1H3,(H3,23,24,25,28). The summed E-state index contributed by atoms with van der Waals surface area (Å²) in [5.74, 6) is 0.810. The average Bonchev–Trinajstić information content (AvgIpc) is 3.15. The van der Waals surface area contributed by atoms with Crippen molar-refractivity contribution in [1.82, 2.24) is 19.7 Å². The number of nitrogen functional groups attached to an aromatic ring is 1. The molecule has 0 fully saturated rings. The molecule has 0 unspecified atom stereocenters. The SMILES string of the molecule is CON=Cc1c(N)ncnc1Nc1ccc2c(cnn2Cc2cccc(C#N)c2)c1. The molecule has 9 nitrogen and oxygen atoms in total. The minimum atomic E-state index is 0.293. The Morgan fingerprint density at radius 3 is 3.00 bits per heavy atom. The Morgan fingerprint density at radius 2 is 2.17 bits per heavy atom. The summed E-state index contributed by atoms with van der Waals surface area (Å²) in [6, 6.07) is 15.6. The maximum absolute atomic E-state index is 9.08. The Bertz CT molecular complexity index is 1270. The molecule has 0 bridgehead atoms. The van der Waals surface area contributed by atoms with Crippen molar-refractivity contribution < 1.29 is 4.84 Å². The third-order valence-corrected chi connectivity index (χ3v) is 4.49. The van der Waals surface area contributed by atoms with Crippen molar-refractivity contribution in [2.75, 3.05) is 18.2 Å². The summed E-state index contributed by atoms with van der Waals surface area (Å²) < 4.78 is 1.90. The van der Waals surface area contributed by atoms with Crippen LogP contribution in [0.2, 0.25) is 0 Å². The first-order chi connectivity index (χ1) is 14.7. The Hall–Kier alpha value is -4.45. The van der Waals surface area contributed by atoms with Crippen LogP contribution in [-0.2, 0) is 11.4 Å². The molecule has 0 radical (unpaired) electrons. The number of nitrogens with zero attached hydrogens (tertiary/aromatic N) is 6. The fraction of sp³-hybridized carbons (Fsp3) is 0.0952. The van der Waals surface area contributed by atoms with E-state index in [1.807, 2.05) is 41.1 Å². The van der Waals surface area contributed by atoms with E-state index in [1.54, 1.807) is 12.3 Å². The van der Waals surface area contributed by atoms with Crippen LogP contribution in [0.3, 0.4) is 0 Å². The van der Waals surface area contributed by atoms with Crippen LogP contribution in [0.15, 0.2) is 60.1 Å². The molecule has 2 heterocycles. The second-order valence-electron chi connectivity index (χ2n) is 6.45. The lowest BCUT2D eigenvalue weighted by molar-refractivity contribution is 0.215. The molecule has 0 aliphatic rings.